The van der Waals surface area contributed by atoms with Crippen LogP contribution in [0, 0.1) is 13.8 Å². The van der Waals surface area contributed by atoms with Crippen molar-refractivity contribution in [3.63, 3.8) is 0 Å². The van der Waals surface area contributed by atoms with E-state index in [-0.39, 0.29) is 0 Å². The fourth-order valence-electron chi connectivity index (χ4n) is 2.67. The fraction of sp³-hybridized carbons (Fsp3) is 0.333. The molecule has 1 aromatic heterocycles. The highest BCUT2D eigenvalue weighted by Gasteiger charge is 2.20. The average molecular weight is 254 g/mol. The molecule has 2 heterocycles. The fourth-order valence-corrected chi connectivity index (χ4v) is 2.67. The first-order valence-corrected chi connectivity index (χ1v) is 6.61. The van der Waals surface area contributed by atoms with Crippen molar-refractivity contribution in [2.45, 2.75) is 26.7 Å². The predicted octanol–water partition coefficient (Wildman–Crippen LogP) is 2.76. The summed E-state index contributed by atoms with van der Waals surface area (Å²) in [5, 5.41) is 0. The maximum atomic E-state index is 5.73. The number of nitrogen functional groups attached to an aromatic ring is 1. The van der Waals surface area contributed by atoms with Crippen LogP contribution in [0.25, 0.3) is 0 Å². The molecule has 0 amide bonds. The largest absolute Gasteiger partial charge is 0.368 e. The van der Waals surface area contributed by atoms with Gasteiger partial charge < -0.3 is 10.6 Å². The first kappa shape index (κ1) is 12.0. The van der Waals surface area contributed by atoms with Crippen LogP contribution in [0.5, 0.6) is 0 Å². The second-order valence-corrected chi connectivity index (χ2v) is 5.12. The topological polar surface area (TPSA) is 55.0 Å². The minimum absolute atomic E-state index is 0.333. The molecule has 19 heavy (non-hydrogen) atoms. The normalized spacial score (nSPS) is 14.3. The van der Waals surface area contributed by atoms with Crippen molar-refractivity contribution in [3.8, 4) is 0 Å². The van der Waals surface area contributed by atoms with E-state index in [4.69, 9.17) is 5.73 Å². The van der Waals surface area contributed by atoms with Gasteiger partial charge in [0.25, 0.3) is 0 Å². The minimum atomic E-state index is 0.333. The third-order valence-electron chi connectivity index (χ3n) is 3.57. The number of nitrogens with two attached hydrogens (primary N) is 1. The molecule has 0 saturated heterocycles. The lowest BCUT2D eigenvalue weighted by molar-refractivity contribution is 0.756. The molecule has 4 nitrogen and oxygen atoms in total. The Kier molecular flexibility index (Phi) is 2.85. The number of benzene rings is 1. The van der Waals surface area contributed by atoms with Crippen molar-refractivity contribution < 1.29 is 0 Å². The highest BCUT2D eigenvalue weighted by Crippen LogP contribution is 2.34. The molecule has 2 aromatic rings. The van der Waals surface area contributed by atoms with Gasteiger partial charge in [-0.25, -0.2) is 4.98 Å². The molecule has 1 aliphatic rings. The summed E-state index contributed by atoms with van der Waals surface area (Å²) in [7, 11) is 0. The molecule has 3 rings (SSSR count). The summed E-state index contributed by atoms with van der Waals surface area (Å²) in [6, 6.07) is 6.60. The molecule has 0 spiro atoms. The van der Waals surface area contributed by atoms with Crippen LogP contribution in [0.3, 0.4) is 0 Å². The minimum Gasteiger partial charge on any atom is -0.368 e. The molecular formula is C15H18N4. The van der Waals surface area contributed by atoms with Gasteiger partial charge in [0.1, 0.15) is 5.82 Å². The summed E-state index contributed by atoms with van der Waals surface area (Å²) in [6.07, 6.45) is 4.06. The summed E-state index contributed by atoms with van der Waals surface area (Å²) in [5.41, 5.74) is 10.7. The van der Waals surface area contributed by atoms with E-state index >= 15 is 0 Å². The quantitative estimate of drug-likeness (QED) is 0.850. The van der Waals surface area contributed by atoms with Gasteiger partial charge in [-0.1, -0.05) is 17.7 Å². The molecule has 0 atom stereocenters. The Hall–Kier alpha value is -2.10. The van der Waals surface area contributed by atoms with E-state index in [9.17, 15) is 0 Å². The van der Waals surface area contributed by atoms with Crippen LogP contribution in [0.1, 0.15) is 23.1 Å². The Balaban J connectivity index is 2.11. The SMILES string of the molecule is Cc1ccc2c(c1)CCCN2c1nc(N)ncc1C. The smallest absolute Gasteiger partial charge is 0.221 e. The van der Waals surface area contributed by atoms with E-state index < -0.39 is 0 Å². The van der Waals surface area contributed by atoms with Gasteiger partial charge in [0.2, 0.25) is 5.95 Å². The standard InChI is InChI=1S/C15H18N4/c1-10-5-6-13-12(8-10)4-3-7-19(13)14-11(2)9-17-15(16)18-14/h5-6,8-9H,3-4,7H2,1-2H3,(H2,16,17,18). The van der Waals surface area contributed by atoms with E-state index in [2.05, 4.69) is 40.0 Å². The molecule has 98 valence electrons. The van der Waals surface area contributed by atoms with Crippen molar-refractivity contribution in [2.75, 3.05) is 17.2 Å². The van der Waals surface area contributed by atoms with Gasteiger partial charge in [-0.15, -0.1) is 0 Å². The summed E-state index contributed by atoms with van der Waals surface area (Å²) in [6.45, 7) is 5.14. The molecule has 2 N–H and O–H groups in total. The highest BCUT2D eigenvalue weighted by molar-refractivity contribution is 5.68. The van der Waals surface area contributed by atoms with E-state index in [1.54, 1.807) is 6.20 Å². The summed E-state index contributed by atoms with van der Waals surface area (Å²) in [4.78, 5) is 10.7. The predicted molar refractivity (Wildman–Crippen MR) is 77.7 cm³/mol. The van der Waals surface area contributed by atoms with Gasteiger partial charge in [-0.05, 0) is 38.3 Å². The van der Waals surface area contributed by atoms with Crippen molar-refractivity contribution in [3.05, 3.63) is 41.1 Å². The summed E-state index contributed by atoms with van der Waals surface area (Å²) in [5.74, 6) is 1.26. The molecule has 0 saturated carbocycles. The van der Waals surface area contributed by atoms with Crippen LogP contribution in [-0.4, -0.2) is 16.5 Å². The van der Waals surface area contributed by atoms with Gasteiger partial charge in [-0.2, -0.15) is 4.98 Å². The van der Waals surface area contributed by atoms with Crippen LogP contribution in [0.15, 0.2) is 24.4 Å². The van der Waals surface area contributed by atoms with Gasteiger partial charge >= 0.3 is 0 Å². The van der Waals surface area contributed by atoms with Crippen LogP contribution in [0.2, 0.25) is 0 Å². The van der Waals surface area contributed by atoms with Crippen molar-refractivity contribution in [1.82, 2.24) is 9.97 Å². The van der Waals surface area contributed by atoms with Crippen molar-refractivity contribution in [1.29, 1.82) is 0 Å². The van der Waals surface area contributed by atoms with E-state index in [0.29, 0.717) is 5.95 Å². The van der Waals surface area contributed by atoms with Crippen molar-refractivity contribution in [2.24, 2.45) is 0 Å². The Morgan fingerprint density at radius 3 is 2.95 bits per heavy atom. The van der Waals surface area contributed by atoms with Crippen LogP contribution < -0.4 is 10.6 Å². The van der Waals surface area contributed by atoms with Gasteiger partial charge in [0.15, 0.2) is 0 Å². The molecule has 0 aliphatic carbocycles. The lowest BCUT2D eigenvalue weighted by atomic mass is 9.99. The van der Waals surface area contributed by atoms with Crippen molar-refractivity contribution >= 4 is 17.5 Å². The second kappa shape index (κ2) is 4.53. The van der Waals surface area contributed by atoms with E-state index in [0.717, 1.165) is 30.8 Å². The Labute approximate surface area is 113 Å². The molecule has 1 aromatic carbocycles. The first-order chi connectivity index (χ1) is 9.15. The first-order valence-electron chi connectivity index (χ1n) is 6.61. The molecule has 0 radical (unpaired) electrons. The number of nitrogens with zero attached hydrogens (tertiary/aromatic N) is 3. The van der Waals surface area contributed by atoms with Gasteiger partial charge in [0, 0.05) is 24.0 Å². The molecule has 0 bridgehead atoms. The monoisotopic (exact) mass is 254 g/mol. The number of fused-ring (bicyclic) bond motifs is 1. The summed E-state index contributed by atoms with van der Waals surface area (Å²) < 4.78 is 0. The number of aryl methyl sites for hydroxylation is 3. The lowest BCUT2D eigenvalue weighted by Gasteiger charge is -2.31. The number of aromatic nitrogens is 2. The zero-order chi connectivity index (χ0) is 13.4. The molecule has 1 aliphatic heterocycles. The maximum absolute atomic E-state index is 5.73. The zero-order valence-corrected chi connectivity index (χ0v) is 11.3. The third kappa shape index (κ3) is 2.14. The number of hydrogen-bond donors (Lipinski definition) is 1. The van der Waals surface area contributed by atoms with Crippen LogP contribution in [0.4, 0.5) is 17.5 Å². The van der Waals surface area contributed by atoms with E-state index in [1.165, 1.54) is 16.8 Å². The number of hydrogen-bond acceptors (Lipinski definition) is 4. The average Bonchev–Trinajstić information content (AvgIpc) is 2.40. The van der Waals surface area contributed by atoms with Gasteiger partial charge in [-0.3, -0.25) is 0 Å². The van der Waals surface area contributed by atoms with Crippen LogP contribution >= 0.6 is 0 Å². The lowest BCUT2D eigenvalue weighted by Crippen LogP contribution is -2.26. The molecular weight excluding hydrogens is 236 g/mol. The number of anilines is 3. The summed E-state index contributed by atoms with van der Waals surface area (Å²) >= 11 is 0. The highest BCUT2D eigenvalue weighted by atomic mass is 15.2. The number of rotatable bonds is 1. The molecule has 4 heteroatoms. The second-order valence-electron chi connectivity index (χ2n) is 5.12. The molecule has 0 fully saturated rings. The molecule has 0 unspecified atom stereocenters. The zero-order valence-electron chi connectivity index (χ0n) is 11.3. The maximum Gasteiger partial charge on any atom is 0.221 e. The third-order valence-corrected chi connectivity index (χ3v) is 3.57. The van der Waals surface area contributed by atoms with Gasteiger partial charge in [0.05, 0.1) is 0 Å². The Bertz CT molecular complexity index is 622. The van der Waals surface area contributed by atoms with Crippen LogP contribution in [-0.2, 0) is 6.42 Å². The van der Waals surface area contributed by atoms with E-state index in [1.807, 2.05) is 6.92 Å². The Morgan fingerprint density at radius 2 is 2.11 bits per heavy atom. The Morgan fingerprint density at radius 1 is 1.26 bits per heavy atom.